The van der Waals surface area contributed by atoms with Gasteiger partial charge in [0, 0.05) is 6.42 Å². The molecule has 0 spiro atoms. The van der Waals surface area contributed by atoms with Gasteiger partial charge in [0.05, 0.1) is 119 Å². The van der Waals surface area contributed by atoms with Gasteiger partial charge in [0.1, 0.15) is 19.0 Å². The van der Waals surface area contributed by atoms with Gasteiger partial charge in [0.2, 0.25) is 0 Å². The lowest BCUT2D eigenvalue weighted by Gasteiger charge is -2.09. The van der Waals surface area contributed by atoms with Crippen LogP contribution in [0.5, 0.6) is 5.75 Å². The second-order valence-electron chi connectivity index (χ2n) is 13.6. The Hall–Kier alpha value is -1.87. The zero-order chi connectivity index (χ0) is 40.1. The summed E-state index contributed by atoms with van der Waals surface area (Å²) in [6, 6.07) is 8.43. The largest absolute Gasteiger partial charge is 0.491 e. The average molecular weight is 801 g/mol. The van der Waals surface area contributed by atoms with Gasteiger partial charge in [-0.25, -0.2) is 0 Å². The molecule has 12 nitrogen and oxygen atoms in total. The number of unbranched alkanes of at least 4 members (excludes halogenated alkanes) is 11. The molecule has 0 saturated heterocycles. The summed E-state index contributed by atoms with van der Waals surface area (Å²) >= 11 is 0. The van der Waals surface area contributed by atoms with Crippen LogP contribution in [0.1, 0.15) is 109 Å². The highest BCUT2D eigenvalue weighted by molar-refractivity contribution is 5.69. The molecule has 0 saturated carbocycles. The van der Waals surface area contributed by atoms with Gasteiger partial charge >= 0.3 is 5.97 Å². The molecule has 1 aromatic carbocycles. The van der Waals surface area contributed by atoms with Gasteiger partial charge in [-0.2, -0.15) is 0 Å². The van der Waals surface area contributed by atoms with Crippen molar-refractivity contribution in [3.63, 3.8) is 0 Å². The van der Waals surface area contributed by atoms with E-state index in [4.69, 9.17) is 52.1 Å². The van der Waals surface area contributed by atoms with Crippen LogP contribution in [0.4, 0.5) is 0 Å². The molecule has 56 heavy (non-hydrogen) atoms. The molecule has 0 aliphatic rings. The summed E-state index contributed by atoms with van der Waals surface area (Å²) < 4.78 is 60.6. The maximum Gasteiger partial charge on any atom is 0.305 e. The number of ether oxygens (including phenoxy) is 11. The van der Waals surface area contributed by atoms with Crippen molar-refractivity contribution >= 4 is 5.97 Å². The molecule has 1 rings (SSSR count). The van der Waals surface area contributed by atoms with Gasteiger partial charge < -0.3 is 52.1 Å². The second kappa shape index (κ2) is 44.2. The van der Waals surface area contributed by atoms with Crippen molar-refractivity contribution in [3.8, 4) is 5.75 Å². The Balaban J connectivity index is 1.68. The third-order valence-electron chi connectivity index (χ3n) is 8.69. The Kier molecular flexibility index (Phi) is 41.2. The number of rotatable bonds is 46. The van der Waals surface area contributed by atoms with Crippen LogP contribution in [-0.4, -0.2) is 138 Å². The van der Waals surface area contributed by atoms with Crippen LogP contribution >= 0.6 is 0 Å². The number of carbonyl (C=O) groups is 1. The first-order valence-corrected chi connectivity index (χ1v) is 21.8. The fraction of sp³-hybridized carbons (Fsp3) is 0.841. The minimum Gasteiger partial charge on any atom is -0.491 e. The van der Waals surface area contributed by atoms with E-state index >= 15 is 0 Å². The van der Waals surface area contributed by atoms with Crippen molar-refractivity contribution in [2.24, 2.45) is 0 Å². The lowest BCUT2D eigenvalue weighted by atomic mass is 10.0. The van der Waals surface area contributed by atoms with Gasteiger partial charge in [-0.3, -0.25) is 4.79 Å². The summed E-state index contributed by atoms with van der Waals surface area (Å²) in [6.07, 6.45) is 17.9. The van der Waals surface area contributed by atoms with E-state index in [0.29, 0.717) is 132 Å². The molecule has 0 amide bonds. The normalized spacial score (nSPS) is 11.4. The SMILES string of the molecule is CCCCCCCCCC(=O)OCCOCCOCCOCCOCCOCCOCCOCCOCCOCCOc1ccc(CCCCCCCC)cc1. The zero-order valence-corrected chi connectivity index (χ0v) is 35.5. The first kappa shape index (κ1) is 52.1. The summed E-state index contributed by atoms with van der Waals surface area (Å²) in [5.41, 5.74) is 1.38. The monoisotopic (exact) mass is 801 g/mol. The summed E-state index contributed by atoms with van der Waals surface area (Å²) in [5.74, 6) is 0.744. The van der Waals surface area contributed by atoms with Gasteiger partial charge in [-0.1, -0.05) is 96.6 Å². The van der Waals surface area contributed by atoms with Gasteiger partial charge in [0.15, 0.2) is 0 Å². The minimum absolute atomic E-state index is 0.139. The van der Waals surface area contributed by atoms with Crippen molar-refractivity contribution < 1.29 is 56.9 Å². The summed E-state index contributed by atoms with van der Waals surface area (Å²) in [6.45, 7) is 14.2. The van der Waals surface area contributed by atoms with E-state index in [-0.39, 0.29) is 12.6 Å². The number of hydrogen-bond donors (Lipinski definition) is 0. The van der Waals surface area contributed by atoms with Crippen molar-refractivity contribution in [1.82, 2.24) is 0 Å². The summed E-state index contributed by atoms with van der Waals surface area (Å²) in [5, 5.41) is 0. The second-order valence-corrected chi connectivity index (χ2v) is 13.6. The first-order valence-electron chi connectivity index (χ1n) is 21.8. The van der Waals surface area contributed by atoms with E-state index in [1.807, 2.05) is 12.1 Å². The van der Waals surface area contributed by atoms with Crippen LogP contribution in [0.2, 0.25) is 0 Å². The molecule has 0 aliphatic carbocycles. The quantitative estimate of drug-likeness (QED) is 0.0473. The number of benzene rings is 1. The molecule has 0 heterocycles. The van der Waals surface area contributed by atoms with Crippen molar-refractivity contribution in [1.29, 1.82) is 0 Å². The molecule has 1 aromatic rings. The molecule has 0 atom stereocenters. The highest BCUT2D eigenvalue weighted by Crippen LogP contribution is 2.15. The molecule has 0 unspecified atom stereocenters. The smallest absolute Gasteiger partial charge is 0.305 e. The predicted octanol–water partition coefficient (Wildman–Crippen LogP) is 7.80. The van der Waals surface area contributed by atoms with Crippen LogP contribution in [0, 0.1) is 0 Å². The van der Waals surface area contributed by atoms with Gasteiger partial charge in [0.25, 0.3) is 0 Å². The van der Waals surface area contributed by atoms with Crippen molar-refractivity contribution in [2.45, 2.75) is 110 Å². The molecular formula is C44H80O12. The van der Waals surface area contributed by atoms with Crippen LogP contribution in [-0.2, 0) is 58.6 Å². The molecule has 0 aromatic heterocycles. The van der Waals surface area contributed by atoms with E-state index in [0.717, 1.165) is 25.0 Å². The molecule has 0 fully saturated rings. The van der Waals surface area contributed by atoms with E-state index in [9.17, 15) is 4.79 Å². The van der Waals surface area contributed by atoms with E-state index in [2.05, 4.69) is 26.0 Å². The van der Waals surface area contributed by atoms with Crippen LogP contribution in [0.3, 0.4) is 0 Å². The number of carbonyl (C=O) groups excluding carboxylic acids is 1. The van der Waals surface area contributed by atoms with Crippen molar-refractivity contribution in [3.05, 3.63) is 29.8 Å². The third kappa shape index (κ3) is 39.0. The Labute approximate surface area is 340 Å². The van der Waals surface area contributed by atoms with E-state index < -0.39 is 0 Å². The molecule has 12 heteroatoms. The van der Waals surface area contributed by atoms with Gasteiger partial charge in [-0.05, 0) is 37.0 Å². The van der Waals surface area contributed by atoms with Crippen LogP contribution in [0.25, 0.3) is 0 Å². The maximum atomic E-state index is 11.7. The van der Waals surface area contributed by atoms with Gasteiger partial charge in [-0.15, -0.1) is 0 Å². The maximum absolute atomic E-state index is 11.7. The lowest BCUT2D eigenvalue weighted by molar-refractivity contribution is -0.145. The Morgan fingerprint density at radius 2 is 0.696 bits per heavy atom. The van der Waals surface area contributed by atoms with Crippen molar-refractivity contribution in [2.75, 3.05) is 132 Å². The third-order valence-corrected chi connectivity index (χ3v) is 8.69. The number of hydrogen-bond acceptors (Lipinski definition) is 12. The highest BCUT2D eigenvalue weighted by Gasteiger charge is 2.03. The lowest BCUT2D eigenvalue weighted by Crippen LogP contribution is -2.15. The topological polar surface area (TPSA) is 119 Å². The molecule has 0 aliphatic heterocycles. The Morgan fingerprint density at radius 3 is 1.09 bits per heavy atom. The molecule has 0 bridgehead atoms. The Bertz CT molecular complexity index is 920. The molecule has 0 radical (unpaired) electrons. The standard InChI is InChI=1S/C44H80O12/c1-3-5-7-9-11-13-15-17-44(45)56-41-39-54-37-35-52-33-31-50-29-27-48-25-23-46-22-24-47-26-28-49-30-32-51-34-36-53-38-40-55-43-20-18-42(19-21-43)16-14-12-10-8-6-4-2/h18-21H,3-17,22-41H2,1-2H3. The summed E-state index contributed by atoms with van der Waals surface area (Å²) in [7, 11) is 0. The minimum atomic E-state index is -0.139. The van der Waals surface area contributed by atoms with Crippen LogP contribution < -0.4 is 4.74 Å². The zero-order valence-electron chi connectivity index (χ0n) is 35.5. The van der Waals surface area contributed by atoms with E-state index in [1.54, 1.807) is 0 Å². The molecule has 0 N–H and O–H groups in total. The molecular weight excluding hydrogens is 720 g/mol. The predicted molar refractivity (Wildman–Crippen MR) is 220 cm³/mol. The fourth-order valence-electron chi connectivity index (χ4n) is 5.45. The summed E-state index contributed by atoms with van der Waals surface area (Å²) in [4.78, 5) is 11.7. The highest BCUT2D eigenvalue weighted by atomic mass is 16.6. The fourth-order valence-corrected chi connectivity index (χ4v) is 5.45. The van der Waals surface area contributed by atoms with Crippen LogP contribution in [0.15, 0.2) is 24.3 Å². The Morgan fingerprint density at radius 1 is 0.375 bits per heavy atom. The molecule has 328 valence electrons. The average Bonchev–Trinajstić information content (AvgIpc) is 3.21. The number of esters is 1. The first-order chi connectivity index (χ1) is 27.8. The van der Waals surface area contributed by atoms with E-state index in [1.165, 1.54) is 76.2 Å². The number of aryl methyl sites for hydroxylation is 1.